The van der Waals surface area contributed by atoms with E-state index in [9.17, 15) is 4.79 Å². The molecule has 1 aromatic rings. The summed E-state index contributed by atoms with van der Waals surface area (Å²) in [7, 11) is 3.49. The first kappa shape index (κ1) is 14.8. The van der Waals surface area contributed by atoms with Gasteiger partial charge in [-0.05, 0) is 30.4 Å². The minimum Gasteiger partial charge on any atom is -0.385 e. The number of nitrogens with one attached hydrogen (secondary N) is 1. The summed E-state index contributed by atoms with van der Waals surface area (Å²) in [5, 5.41) is 3.47. The highest BCUT2D eigenvalue weighted by atomic mass is 16.2. The molecule has 1 saturated carbocycles. The van der Waals surface area contributed by atoms with Gasteiger partial charge in [-0.15, -0.1) is 0 Å². The second-order valence-corrected chi connectivity index (χ2v) is 6.03. The summed E-state index contributed by atoms with van der Waals surface area (Å²) in [6.45, 7) is 3.33. The maximum Gasteiger partial charge on any atom is 0.272 e. The highest BCUT2D eigenvalue weighted by molar-refractivity contribution is 5.92. The van der Waals surface area contributed by atoms with Crippen LogP contribution in [-0.4, -0.2) is 36.4 Å². The molecule has 1 aromatic heterocycles. The predicted molar refractivity (Wildman–Crippen MR) is 81.9 cm³/mol. The number of hydrogen-bond donors (Lipinski definition) is 1. The van der Waals surface area contributed by atoms with Crippen LogP contribution in [0.4, 0.5) is 5.69 Å². The highest BCUT2D eigenvalue weighted by Crippen LogP contribution is 2.29. The Morgan fingerprint density at radius 2 is 2.15 bits per heavy atom. The average Bonchev–Trinajstić information content (AvgIpc) is 2.46. The number of aromatic nitrogens is 1. The lowest BCUT2D eigenvalue weighted by molar-refractivity contribution is 0.0822. The van der Waals surface area contributed by atoms with Gasteiger partial charge >= 0.3 is 0 Å². The van der Waals surface area contributed by atoms with Crippen molar-refractivity contribution in [3.8, 4) is 0 Å². The fraction of sp³-hybridized carbons (Fsp3) is 0.625. The number of carbonyl (C=O) groups is 1. The molecule has 2 unspecified atom stereocenters. The molecule has 0 aromatic carbocycles. The Hall–Kier alpha value is -1.58. The van der Waals surface area contributed by atoms with Gasteiger partial charge < -0.3 is 10.2 Å². The van der Waals surface area contributed by atoms with Crippen LogP contribution in [0.25, 0.3) is 0 Å². The van der Waals surface area contributed by atoms with Crippen LogP contribution in [0, 0.1) is 11.8 Å². The summed E-state index contributed by atoms with van der Waals surface area (Å²) in [6.07, 6.45) is 7.06. The molecule has 1 aliphatic carbocycles. The monoisotopic (exact) mass is 275 g/mol. The number of carbonyl (C=O) groups excluding carboxylic acids is 1. The van der Waals surface area contributed by atoms with Crippen molar-refractivity contribution in [1.82, 2.24) is 9.88 Å². The lowest BCUT2D eigenvalue weighted by Crippen LogP contribution is -2.25. The normalized spacial score (nSPS) is 22.4. The third-order valence-electron chi connectivity index (χ3n) is 4.24. The van der Waals surface area contributed by atoms with Crippen LogP contribution in [0.1, 0.15) is 43.1 Å². The predicted octanol–water partition coefficient (Wildman–Crippen LogP) is 3.02. The van der Waals surface area contributed by atoms with Gasteiger partial charge in [0.05, 0.1) is 0 Å². The molecule has 1 heterocycles. The maximum atomic E-state index is 11.9. The first-order valence-electron chi connectivity index (χ1n) is 7.49. The molecule has 0 radical (unpaired) electrons. The fourth-order valence-corrected chi connectivity index (χ4v) is 2.83. The number of hydrogen-bond acceptors (Lipinski definition) is 3. The summed E-state index contributed by atoms with van der Waals surface area (Å²) in [5.74, 6) is 1.48. The summed E-state index contributed by atoms with van der Waals surface area (Å²) in [4.78, 5) is 17.6. The molecule has 4 heteroatoms. The van der Waals surface area contributed by atoms with E-state index in [1.54, 1.807) is 25.2 Å². The van der Waals surface area contributed by atoms with Gasteiger partial charge in [-0.25, -0.2) is 0 Å². The minimum atomic E-state index is -0.0558. The topological polar surface area (TPSA) is 45.2 Å². The second-order valence-electron chi connectivity index (χ2n) is 6.03. The van der Waals surface area contributed by atoms with Gasteiger partial charge in [0.15, 0.2) is 0 Å². The van der Waals surface area contributed by atoms with Crippen LogP contribution in [0.15, 0.2) is 18.3 Å². The number of amides is 1. The molecule has 2 atom stereocenters. The van der Waals surface area contributed by atoms with E-state index < -0.39 is 0 Å². The smallest absolute Gasteiger partial charge is 0.272 e. The number of pyridine rings is 1. The average molecular weight is 275 g/mol. The molecule has 0 saturated heterocycles. The second kappa shape index (κ2) is 6.73. The summed E-state index contributed by atoms with van der Waals surface area (Å²) < 4.78 is 0. The van der Waals surface area contributed by atoms with Crippen LogP contribution >= 0.6 is 0 Å². The van der Waals surface area contributed by atoms with E-state index in [1.807, 2.05) is 12.1 Å². The molecule has 1 fully saturated rings. The van der Waals surface area contributed by atoms with E-state index in [-0.39, 0.29) is 5.91 Å². The Bertz CT molecular complexity index is 459. The molecular weight excluding hydrogens is 250 g/mol. The molecule has 20 heavy (non-hydrogen) atoms. The highest BCUT2D eigenvalue weighted by Gasteiger charge is 2.20. The van der Waals surface area contributed by atoms with Crippen LogP contribution < -0.4 is 5.32 Å². The molecule has 1 N–H and O–H groups in total. The van der Waals surface area contributed by atoms with Crippen molar-refractivity contribution in [3.63, 3.8) is 0 Å². The molecule has 4 nitrogen and oxygen atoms in total. The molecule has 1 aliphatic rings. The third-order valence-corrected chi connectivity index (χ3v) is 4.24. The van der Waals surface area contributed by atoms with Gasteiger partial charge in [-0.2, -0.15) is 0 Å². The zero-order chi connectivity index (χ0) is 14.5. The Kier molecular flexibility index (Phi) is 4.99. The Balaban J connectivity index is 1.96. The third kappa shape index (κ3) is 3.71. The Morgan fingerprint density at radius 1 is 1.40 bits per heavy atom. The van der Waals surface area contributed by atoms with Crippen molar-refractivity contribution >= 4 is 11.6 Å². The molecule has 2 rings (SSSR count). The van der Waals surface area contributed by atoms with Crippen molar-refractivity contribution < 1.29 is 4.79 Å². The molecule has 0 bridgehead atoms. The maximum absolute atomic E-state index is 11.9. The zero-order valence-electron chi connectivity index (χ0n) is 12.7. The lowest BCUT2D eigenvalue weighted by Gasteiger charge is -2.29. The molecular formula is C16H25N3O. The van der Waals surface area contributed by atoms with Crippen LogP contribution in [0.5, 0.6) is 0 Å². The van der Waals surface area contributed by atoms with Crippen molar-refractivity contribution in [3.05, 3.63) is 24.0 Å². The van der Waals surface area contributed by atoms with Crippen molar-refractivity contribution in [2.45, 2.75) is 32.6 Å². The summed E-state index contributed by atoms with van der Waals surface area (Å²) in [5.41, 5.74) is 1.49. The SMILES string of the molecule is CC1CCCCC1CNc1ccnc(C(=O)N(C)C)c1. The van der Waals surface area contributed by atoms with Crippen LogP contribution in [0.2, 0.25) is 0 Å². The Morgan fingerprint density at radius 3 is 2.85 bits per heavy atom. The summed E-state index contributed by atoms with van der Waals surface area (Å²) in [6, 6.07) is 3.77. The van der Waals surface area contributed by atoms with Gasteiger partial charge in [-0.3, -0.25) is 9.78 Å². The van der Waals surface area contributed by atoms with E-state index >= 15 is 0 Å². The van der Waals surface area contributed by atoms with E-state index in [0.717, 1.165) is 24.1 Å². The molecule has 0 aliphatic heterocycles. The van der Waals surface area contributed by atoms with Gasteiger partial charge in [0.2, 0.25) is 0 Å². The fourth-order valence-electron chi connectivity index (χ4n) is 2.83. The first-order valence-corrected chi connectivity index (χ1v) is 7.49. The minimum absolute atomic E-state index is 0.0558. The van der Waals surface area contributed by atoms with Gasteiger partial charge in [0.1, 0.15) is 5.69 Å². The van der Waals surface area contributed by atoms with Crippen molar-refractivity contribution in [2.24, 2.45) is 11.8 Å². The van der Waals surface area contributed by atoms with Gasteiger partial charge in [0, 0.05) is 32.5 Å². The number of rotatable bonds is 4. The molecule has 1 amide bonds. The molecule has 0 spiro atoms. The zero-order valence-corrected chi connectivity index (χ0v) is 12.7. The first-order chi connectivity index (χ1) is 9.58. The lowest BCUT2D eigenvalue weighted by atomic mass is 9.80. The van der Waals surface area contributed by atoms with E-state index in [0.29, 0.717) is 5.69 Å². The summed E-state index contributed by atoms with van der Waals surface area (Å²) >= 11 is 0. The quantitative estimate of drug-likeness (QED) is 0.918. The standard InChI is InChI=1S/C16H25N3O/c1-12-6-4-5-7-13(12)11-18-14-8-9-17-15(10-14)16(20)19(2)3/h8-10,12-13H,4-7,11H2,1-3H3,(H,17,18). The van der Waals surface area contributed by atoms with Crippen molar-refractivity contribution in [1.29, 1.82) is 0 Å². The Labute approximate surface area is 121 Å². The van der Waals surface area contributed by atoms with Crippen LogP contribution in [-0.2, 0) is 0 Å². The largest absolute Gasteiger partial charge is 0.385 e. The van der Waals surface area contributed by atoms with E-state index in [1.165, 1.54) is 25.7 Å². The molecule has 110 valence electrons. The van der Waals surface area contributed by atoms with Crippen molar-refractivity contribution in [2.75, 3.05) is 26.0 Å². The van der Waals surface area contributed by atoms with Gasteiger partial charge in [-0.1, -0.05) is 26.2 Å². The number of nitrogens with zero attached hydrogens (tertiary/aromatic N) is 2. The van der Waals surface area contributed by atoms with E-state index in [2.05, 4.69) is 17.2 Å². The van der Waals surface area contributed by atoms with Gasteiger partial charge in [0.25, 0.3) is 5.91 Å². The van der Waals surface area contributed by atoms with E-state index in [4.69, 9.17) is 0 Å². The van der Waals surface area contributed by atoms with Crippen LogP contribution in [0.3, 0.4) is 0 Å². The number of anilines is 1.